The number of rotatable bonds is 5. The predicted molar refractivity (Wildman–Crippen MR) is 136 cm³/mol. The van der Waals surface area contributed by atoms with Crippen molar-refractivity contribution >= 4 is 34.8 Å². The van der Waals surface area contributed by atoms with Crippen LogP contribution in [0.25, 0.3) is 27.8 Å². The third-order valence-electron chi connectivity index (χ3n) is 6.66. The number of furan rings is 1. The predicted octanol–water partition coefficient (Wildman–Crippen LogP) is 5.20. The van der Waals surface area contributed by atoms with Gasteiger partial charge in [-0.15, -0.1) is 0 Å². The zero-order valence-corrected chi connectivity index (χ0v) is 19.5. The zero-order valence-electron chi connectivity index (χ0n) is 19.5. The molecule has 7 nitrogen and oxygen atoms in total. The van der Waals surface area contributed by atoms with E-state index in [9.17, 15) is 9.59 Å². The molecule has 7 heteroatoms. The largest absolute Gasteiger partial charge is 0.457 e. The van der Waals surface area contributed by atoms with Crippen molar-refractivity contribution in [2.24, 2.45) is 0 Å². The van der Waals surface area contributed by atoms with Crippen molar-refractivity contribution in [3.63, 3.8) is 0 Å². The highest BCUT2D eigenvalue weighted by atomic mass is 16.3. The monoisotopic (exact) mass is 466 g/mol. The van der Waals surface area contributed by atoms with Crippen LogP contribution in [0.1, 0.15) is 40.9 Å². The number of anilines is 1. The zero-order chi connectivity index (χ0) is 24.4. The van der Waals surface area contributed by atoms with Gasteiger partial charge in [-0.25, -0.2) is 4.85 Å². The van der Waals surface area contributed by atoms with Crippen molar-refractivity contribution < 1.29 is 14.0 Å². The van der Waals surface area contributed by atoms with Crippen LogP contribution < -0.4 is 10.6 Å². The van der Waals surface area contributed by atoms with Crippen molar-refractivity contribution in [3.05, 3.63) is 82.9 Å². The summed E-state index contributed by atoms with van der Waals surface area (Å²) in [5, 5.41) is 5.89. The number of nitrogens with zero attached hydrogens (tertiary/aromatic N) is 2. The highest BCUT2D eigenvalue weighted by Crippen LogP contribution is 2.36. The quantitative estimate of drug-likeness (QED) is 0.400. The molecule has 2 aromatic carbocycles. The van der Waals surface area contributed by atoms with Crippen LogP contribution in [-0.4, -0.2) is 42.9 Å². The standard InChI is InChI=1S/C28H26N4O3/c1-29-20-9-11-25-23(15-20)24(28(34)31-25)16-22-10-12-26(35-22)18-6-5-7-19(14-18)27(33)30-17-21-8-3-4-13-32(21)2/h5-7,9-12,14-16,21H,3-4,8,13,17H2,2H3,(H,30,33)(H,31,34). The molecule has 1 unspecified atom stereocenters. The molecule has 0 spiro atoms. The molecule has 2 N–H and O–H groups in total. The summed E-state index contributed by atoms with van der Waals surface area (Å²) in [6, 6.07) is 16.4. The number of hydrogen-bond acceptors (Lipinski definition) is 4. The lowest BCUT2D eigenvalue weighted by atomic mass is 10.0. The average Bonchev–Trinajstić information content (AvgIpc) is 3.47. The molecule has 0 saturated carbocycles. The molecule has 0 aliphatic carbocycles. The highest BCUT2D eigenvalue weighted by molar-refractivity contribution is 6.35. The van der Waals surface area contributed by atoms with E-state index in [1.165, 1.54) is 12.8 Å². The van der Waals surface area contributed by atoms with Crippen molar-refractivity contribution in [2.45, 2.75) is 25.3 Å². The van der Waals surface area contributed by atoms with Gasteiger partial charge in [0, 0.05) is 35.0 Å². The van der Waals surface area contributed by atoms with Crippen LogP contribution >= 0.6 is 0 Å². The van der Waals surface area contributed by atoms with Gasteiger partial charge in [-0.1, -0.05) is 24.6 Å². The maximum Gasteiger partial charge on any atom is 0.256 e. The molecule has 1 fully saturated rings. The summed E-state index contributed by atoms with van der Waals surface area (Å²) < 4.78 is 6.00. The summed E-state index contributed by atoms with van der Waals surface area (Å²) in [6.45, 7) is 8.93. The topological polar surface area (TPSA) is 78.9 Å². The molecule has 1 aromatic heterocycles. The molecule has 176 valence electrons. The van der Waals surface area contributed by atoms with E-state index in [1.54, 1.807) is 36.4 Å². The number of amides is 2. The Balaban J connectivity index is 1.33. The van der Waals surface area contributed by atoms with Gasteiger partial charge in [-0.2, -0.15) is 0 Å². The second-order valence-electron chi connectivity index (χ2n) is 8.98. The van der Waals surface area contributed by atoms with E-state index >= 15 is 0 Å². The van der Waals surface area contributed by atoms with Gasteiger partial charge in [-0.3, -0.25) is 9.59 Å². The van der Waals surface area contributed by atoms with Crippen LogP contribution in [-0.2, 0) is 4.79 Å². The normalized spacial score (nSPS) is 18.7. The second kappa shape index (κ2) is 9.61. The second-order valence-corrected chi connectivity index (χ2v) is 8.98. The lowest BCUT2D eigenvalue weighted by molar-refractivity contribution is -0.110. The first-order valence-electron chi connectivity index (χ1n) is 11.8. The summed E-state index contributed by atoms with van der Waals surface area (Å²) in [5.41, 5.74) is 3.64. The smallest absolute Gasteiger partial charge is 0.256 e. The Morgan fingerprint density at radius 2 is 2.11 bits per heavy atom. The fourth-order valence-corrected chi connectivity index (χ4v) is 4.64. The van der Waals surface area contributed by atoms with E-state index in [2.05, 4.69) is 27.4 Å². The molecule has 3 aromatic rings. The van der Waals surface area contributed by atoms with Gasteiger partial charge in [0.1, 0.15) is 11.5 Å². The molecule has 0 radical (unpaired) electrons. The molecule has 0 bridgehead atoms. The Hall–Kier alpha value is -4.15. The van der Waals surface area contributed by atoms with Gasteiger partial charge in [0.25, 0.3) is 11.8 Å². The number of hydrogen-bond donors (Lipinski definition) is 2. The SMILES string of the molecule is [C-]#[N+]c1ccc2c(c1)C(=Cc1ccc(-c3cccc(C(=O)NCC4CCCCN4C)c3)o1)C(=O)N2. The molecule has 5 rings (SSSR count). The number of likely N-dealkylation sites (tertiary alicyclic amines) is 1. The van der Waals surface area contributed by atoms with E-state index in [1.807, 2.05) is 24.3 Å². The van der Waals surface area contributed by atoms with Crippen molar-refractivity contribution in [2.75, 3.05) is 25.5 Å². The molecule has 2 aliphatic heterocycles. The molecule has 3 heterocycles. The first kappa shape index (κ1) is 22.6. The summed E-state index contributed by atoms with van der Waals surface area (Å²) in [6.07, 6.45) is 5.19. The molecular formula is C28H26N4O3. The number of carbonyl (C=O) groups is 2. The minimum atomic E-state index is -0.234. The number of likely N-dealkylation sites (N-methyl/N-ethyl adjacent to an activating group) is 1. The summed E-state index contributed by atoms with van der Waals surface area (Å²) in [4.78, 5) is 31.0. The third-order valence-corrected chi connectivity index (χ3v) is 6.66. The van der Waals surface area contributed by atoms with Crippen molar-refractivity contribution in [1.82, 2.24) is 10.2 Å². The van der Waals surface area contributed by atoms with E-state index in [4.69, 9.17) is 11.0 Å². The maximum absolute atomic E-state index is 12.8. The maximum atomic E-state index is 12.8. The van der Waals surface area contributed by atoms with Crippen LogP contribution in [0.15, 0.2) is 59.0 Å². The number of fused-ring (bicyclic) bond motifs is 1. The van der Waals surface area contributed by atoms with Crippen LogP contribution in [0.5, 0.6) is 0 Å². The van der Waals surface area contributed by atoms with Crippen LogP contribution in [0.3, 0.4) is 0 Å². The third kappa shape index (κ3) is 4.75. The number of benzene rings is 2. The van der Waals surface area contributed by atoms with Crippen molar-refractivity contribution in [3.8, 4) is 11.3 Å². The van der Waals surface area contributed by atoms with Gasteiger partial charge in [0.15, 0.2) is 5.69 Å². The molecule has 2 aliphatic rings. The fourth-order valence-electron chi connectivity index (χ4n) is 4.64. The Morgan fingerprint density at radius 3 is 2.94 bits per heavy atom. The number of piperidine rings is 1. The summed E-state index contributed by atoms with van der Waals surface area (Å²) in [5.74, 6) is 0.783. The lowest BCUT2D eigenvalue weighted by Gasteiger charge is -2.32. The molecule has 1 saturated heterocycles. The number of nitrogens with one attached hydrogen (secondary N) is 2. The number of carbonyl (C=O) groups excluding carboxylic acids is 2. The van der Waals surface area contributed by atoms with Crippen LogP contribution in [0.4, 0.5) is 11.4 Å². The van der Waals surface area contributed by atoms with E-state index < -0.39 is 0 Å². The Kier molecular flexibility index (Phi) is 6.21. The van der Waals surface area contributed by atoms with Gasteiger partial charge >= 0.3 is 0 Å². The minimum absolute atomic E-state index is 0.102. The van der Waals surface area contributed by atoms with Gasteiger partial charge in [0.2, 0.25) is 0 Å². The van der Waals surface area contributed by atoms with Crippen LogP contribution in [0, 0.1) is 6.57 Å². The Bertz CT molecular complexity index is 1360. The molecule has 1 atom stereocenters. The molecule has 2 amide bonds. The van der Waals surface area contributed by atoms with E-state index in [0.29, 0.717) is 52.2 Å². The Labute approximate surface area is 204 Å². The van der Waals surface area contributed by atoms with Gasteiger partial charge in [-0.05, 0) is 68.9 Å². The average molecular weight is 467 g/mol. The molecular weight excluding hydrogens is 440 g/mol. The lowest BCUT2D eigenvalue weighted by Crippen LogP contribution is -2.44. The van der Waals surface area contributed by atoms with E-state index in [-0.39, 0.29) is 11.8 Å². The van der Waals surface area contributed by atoms with Gasteiger partial charge < -0.3 is 20.0 Å². The van der Waals surface area contributed by atoms with E-state index in [0.717, 1.165) is 18.5 Å². The van der Waals surface area contributed by atoms with Crippen LogP contribution in [0.2, 0.25) is 0 Å². The molecule has 35 heavy (non-hydrogen) atoms. The highest BCUT2D eigenvalue weighted by Gasteiger charge is 2.25. The first-order valence-corrected chi connectivity index (χ1v) is 11.8. The fraction of sp³-hybridized carbons (Fsp3) is 0.250. The first-order chi connectivity index (χ1) is 17.0. The summed E-state index contributed by atoms with van der Waals surface area (Å²) in [7, 11) is 2.11. The summed E-state index contributed by atoms with van der Waals surface area (Å²) >= 11 is 0. The minimum Gasteiger partial charge on any atom is -0.457 e. The van der Waals surface area contributed by atoms with Crippen molar-refractivity contribution in [1.29, 1.82) is 0 Å². The Morgan fingerprint density at radius 1 is 1.23 bits per heavy atom. The van der Waals surface area contributed by atoms with Gasteiger partial charge in [0.05, 0.1) is 12.1 Å².